The number of benzene rings is 6. The second-order valence-electron chi connectivity index (χ2n) is 9.71. The lowest BCUT2D eigenvalue weighted by molar-refractivity contribution is 0.868. The predicted octanol–water partition coefficient (Wildman–Crippen LogP) is 12.8. The molecule has 43 heavy (non-hydrogen) atoms. The van der Waals surface area contributed by atoms with Crippen LogP contribution in [0.25, 0.3) is 54.5 Å². The highest BCUT2D eigenvalue weighted by atomic mass is 15.0. The fourth-order valence-corrected chi connectivity index (χ4v) is 6.42. The Balaban J connectivity index is 0.000000492. The van der Waals surface area contributed by atoms with Crippen LogP contribution in [0.3, 0.4) is 0 Å². The summed E-state index contributed by atoms with van der Waals surface area (Å²) in [6.07, 6.45) is 0.982. The van der Waals surface area contributed by atoms with Gasteiger partial charge in [-0.1, -0.05) is 171 Å². The van der Waals surface area contributed by atoms with Crippen molar-refractivity contribution in [3.05, 3.63) is 132 Å². The summed E-state index contributed by atoms with van der Waals surface area (Å²) in [6, 6.07) is 42.4. The fourth-order valence-electron chi connectivity index (χ4n) is 6.42. The Morgan fingerprint density at radius 2 is 1.07 bits per heavy atom. The highest BCUT2D eigenvalue weighted by Gasteiger charge is 2.28. The van der Waals surface area contributed by atoms with Crippen LogP contribution in [0.15, 0.2) is 115 Å². The monoisotopic (exact) mass is 565 g/mol. The Bertz CT molecular complexity index is 1940. The number of nitrogens with zero attached hydrogens (tertiary/aromatic N) is 1. The molecule has 0 spiro atoms. The number of aromatic nitrogens is 1. The predicted molar refractivity (Wildman–Crippen MR) is 194 cm³/mol. The van der Waals surface area contributed by atoms with Crippen molar-refractivity contribution in [2.75, 3.05) is 0 Å². The average molecular weight is 566 g/mol. The zero-order valence-electron chi connectivity index (χ0n) is 27.3. The van der Waals surface area contributed by atoms with Crippen molar-refractivity contribution in [2.24, 2.45) is 0 Å². The molecular weight excluding hydrogens is 518 g/mol. The van der Waals surface area contributed by atoms with E-state index in [1.54, 1.807) is 0 Å². The lowest BCUT2D eigenvalue weighted by Gasteiger charge is -2.14. The maximum atomic E-state index is 2.61. The van der Waals surface area contributed by atoms with Crippen LogP contribution in [0.5, 0.6) is 0 Å². The molecule has 1 aliphatic rings. The molecule has 0 N–H and O–H groups in total. The first-order valence-electron chi connectivity index (χ1n) is 16.4. The van der Waals surface area contributed by atoms with E-state index in [4.69, 9.17) is 0 Å². The van der Waals surface area contributed by atoms with E-state index in [0.717, 1.165) is 13.0 Å². The molecule has 1 nitrogen and oxygen atoms in total. The van der Waals surface area contributed by atoms with Gasteiger partial charge in [-0.15, -0.1) is 0 Å². The summed E-state index contributed by atoms with van der Waals surface area (Å²) in [5, 5.41) is 8.08. The zero-order chi connectivity index (χ0) is 30.9. The molecule has 0 unspecified atom stereocenters. The highest BCUT2D eigenvalue weighted by molar-refractivity contribution is 6.29. The summed E-state index contributed by atoms with van der Waals surface area (Å²) in [7, 11) is 0. The van der Waals surface area contributed by atoms with Gasteiger partial charge in [0, 0.05) is 29.1 Å². The van der Waals surface area contributed by atoms with E-state index in [1.807, 2.05) is 55.4 Å². The first kappa shape index (κ1) is 31.6. The van der Waals surface area contributed by atoms with Crippen molar-refractivity contribution in [3.8, 4) is 11.1 Å². The van der Waals surface area contributed by atoms with Crippen LogP contribution in [0.2, 0.25) is 0 Å². The van der Waals surface area contributed by atoms with Crippen LogP contribution in [-0.2, 0) is 13.0 Å². The van der Waals surface area contributed by atoms with E-state index in [2.05, 4.69) is 120 Å². The number of hydrogen-bond acceptors (Lipinski definition) is 0. The van der Waals surface area contributed by atoms with Crippen LogP contribution in [0, 0.1) is 0 Å². The Hall–Kier alpha value is -4.36. The SMILES string of the molecule is CC.CC.CC.CC.c1ccc(Cn2c3c4c(c5ccccc5c3c3ccc5ccccc5c32)-c2ccccc2C4)cc1. The first-order chi connectivity index (χ1) is 21.4. The van der Waals surface area contributed by atoms with Gasteiger partial charge in [0.25, 0.3) is 0 Å². The van der Waals surface area contributed by atoms with Crippen LogP contribution >= 0.6 is 0 Å². The van der Waals surface area contributed by atoms with E-state index >= 15 is 0 Å². The minimum atomic E-state index is 0.857. The maximum absolute atomic E-state index is 2.61. The van der Waals surface area contributed by atoms with E-state index in [1.165, 1.54) is 71.2 Å². The molecule has 0 saturated heterocycles. The number of fused-ring (bicyclic) bond motifs is 12. The summed E-state index contributed by atoms with van der Waals surface area (Å²) in [5.41, 5.74) is 9.78. The smallest absolute Gasteiger partial charge is 0.0574 e. The number of hydrogen-bond donors (Lipinski definition) is 0. The molecule has 1 aliphatic carbocycles. The standard InChI is InChI=1S/C34H23N.4C2H6/c1-2-10-22(11-3-1)21-35-33-26-15-7-4-12-23(26)18-19-29(33)32-28-17-9-8-16-27(28)31-25-14-6-5-13-24(25)20-30(31)34(32)35;4*1-2/h1-19H,20-21H2;4*1-2H3. The molecule has 0 bridgehead atoms. The molecule has 220 valence electrons. The molecule has 0 atom stereocenters. The lowest BCUT2D eigenvalue weighted by Crippen LogP contribution is -2.02. The van der Waals surface area contributed by atoms with Gasteiger partial charge in [-0.2, -0.15) is 0 Å². The topological polar surface area (TPSA) is 4.93 Å². The second kappa shape index (κ2) is 14.7. The molecule has 1 heterocycles. The molecule has 0 aliphatic heterocycles. The Kier molecular flexibility index (Phi) is 10.8. The van der Waals surface area contributed by atoms with Gasteiger partial charge in [0.05, 0.1) is 11.0 Å². The molecule has 0 saturated carbocycles. The van der Waals surface area contributed by atoms with E-state index in [0.29, 0.717) is 0 Å². The third-order valence-corrected chi connectivity index (χ3v) is 7.84. The van der Waals surface area contributed by atoms with Crippen molar-refractivity contribution >= 4 is 43.4 Å². The largest absolute Gasteiger partial charge is 0.335 e. The van der Waals surface area contributed by atoms with Crippen molar-refractivity contribution in [1.29, 1.82) is 0 Å². The third kappa shape index (κ3) is 5.45. The third-order valence-electron chi connectivity index (χ3n) is 7.84. The van der Waals surface area contributed by atoms with Gasteiger partial charge in [0.1, 0.15) is 0 Å². The maximum Gasteiger partial charge on any atom is 0.0574 e. The summed E-state index contributed by atoms with van der Waals surface area (Å²) < 4.78 is 2.61. The van der Waals surface area contributed by atoms with Crippen LogP contribution in [0.4, 0.5) is 0 Å². The van der Waals surface area contributed by atoms with Crippen LogP contribution < -0.4 is 0 Å². The van der Waals surface area contributed by atoms with Crippen molar-refractivity contribution in [3.63, 3.8) is 0 Å². The van der Waals surface area contributed by atoms with Gasteiger partial charge in [-0.05, 0) is 44.0 Å². The van der Waals surface area contributed by atoms with Gasteiger partial charge < -0.3 is 4.57 Å². The van der Waals surface area contributed by atoms with Crippen LogP contribution in [-0.4, -0.2) is 4.57 Å². The summed E-state index contributed by atoms with van der Waals surface area (Å²) >= 11 is 0. The molecule has 0 amide bonds. The summed E-state index contributed by atoms with van der Waals surface area (Å²) in [4.78, 5) is 0. The van der Waals surface area contributed by atoms with Crippen molar-refractivity contribution < 1.29 is 0 Å². The van der Waals surface area contributed by atoms with Gasteiger partial charge in [-0.3, -0.25) is 0 Å². The lowest BCUT2D eigenvalue weighted by atomic mass is 9.93. The summed E-state index contributed by atoms with van der Waals surface area (Å²) in [5.74, 6) is 0. The first-order valence-corrected chi connectivity index (χ1v) is 16.4. The molecule has 0 fully saturated rings. The minimum Gasteiger partial charge on any atom is -0.335 e. The molecule has 7 aromatic rings. The normalized spacial score (nSPS) is 10.8. The van der Waals surface area contributed by atoms with E-state index in [-0.39, 0.29) is 0 Å². The Morgan fingerprint density at radius 3 is 1.79 bits per heavy atom. The van der Waals surface area contributed by atoms with Gasteiger partial charge in [0.15, 0.2) is 0 Å². The Morgan fingerprint density at radius 1 is 0.488 bits per heavy atom. The van der Waals surface area contributed by atoms with Crippen molar-refractivity contribution in [2.45, 2.75) is 68.4 Å². The molecule has 1 heteroatoms. The molecule has 6 aromatic carbocycles. The van der Waals surface area contributed by atoms with Gasteiger partial charge in [0.2, 0.25) is 0 Å². The van der Waals surface area contributed by atoms with Gasteiger partial charge in [-0.25, -0.2) is 0 Å². The second-order valence-corrected chi connectivity index (χ2v) is 9.71. The molecule has 8 rings (SSSR count). The minimum absolute atomic E-state index is 0.857. The van der Waals surface area contributed by atoms with Crippen molar-refractivity contribution in [1.82, 2.24) is 4.57 Å². The quantitative estimate of drug-likeness (QED) is 0.196. The summed E-state index contributed by atoms with van der Waals surface area (Å²) in [6.45, 7) is 16.9. The fraction of sp³-hybridized carbons (Fsp3) is 0.238. The molecule has 1 aromatic heterocycles. The average Bonchev–Trinajstić information content (AvgIpc) is 3.66. The number of rotatable bonds is 2. The van der Waals surface area contributed by atoms with Crippen LogP contribution in [0.1, 0.15) is 72.1 Å². The van der Waals surface area contributed by atoms with Gasteiger partial charge >= 0.3 is 0 Å². The molecule has 0 radical (unpaired) electrons. The highest BCUT2D eigenvalue weighted by Crippen LogP contribution is 2.49. The Labute approximate surface area is 258 Å². The zero-order valence-corrected chi connectivity index (χ0v) is 27.3. The molecular formula is C42H47N. The van der Waals surface area contributed by atoms with E-state index in [9.17, 15) is 0 Å². The van der Waals surface area contributed by atoms with E-state index < -0.39 is 0 Å².